The Balaban J connectivity index is 2.66. The molecule has 1 radical (unpaired) electrons. The fourth-order valence-corrected chi connectivity index (χ4v) is 1.78. The van der Waals surface area contributed by atoms with E-state index >= 15 is 0 Å². The summed E-state index contributed by atoms with van der Waals surface area (Å²) in [7, 11) is 0. The molecular formula is C13H22N3O. The Hall–Kier alpha value is -1.32. The average molecular weight is 236 g/mol. The summed E-state index contributed by atoms with van der Waals surface area (Å²) in [6.45, 7) is 10.1. The molecule has 0 aromatic carbocycles. The van der Waals surface area contributed by atoms with Gasteiger partial charge < -0.3 is 9.47 Å². The van der Waals surface area contributed by atoms with Gasteiger partial charge in [-0.25, -0.2) is 4.98 Å². The van der Waals surface area contributed by atoms with Crippen LogP contribution < -0.4 is 0 Å². The Kier molecular flexibility index (Phi) is 5.19. The summed E-state index contributed by atoms with van der Waals surface area (Å²) in [5, 5.41) is 0. The van der Waals surface area contributed by atoms with Crippen molar-refractivity contribution in [3.8, 4) is 0 Å². The molecule has 0 spiro atoms. The Bertz CT molecular complexity index is 365. The maximum Gasteiger partial charge on any atom is 0.242 e. The van der Waals surface area contributed by atoms with Crippen molar-refractivity contribution in [3.05, 3.63) is 17.7 Å². The topological polar surface area (TPSA) is 38.1 Å². The van der Waals surface area contributed by atoms with Crippen LogP contribution in [0.1, 0.15) is 38.1 Å². The van der Waals surface area contributed by atoms with Gasteiger partial charge >= 0.3 is 0 Å². The number of aryl methyl sites for hydroxylation is 1. The highest BCUT2D eigenvalue weighted by molar-refractivity contribution is 5.76. The second-order valence-corrected chi connectivity index (χ2v) is 4.35. The van der Waals surface area contributed by atoms with E-state index in [0.717, 1.165) is 37.3 Å². The second kappa shape index (κ2) is 6.42. The zero-order valence-electron chi connectivity index (χ0n) is 11.3. The second-order valence-electron chi connectivity index (χ2n) is 4.35. The highest BCUT2D eigenvalue weighted by Gasteiger charge is 2.14. The molecule has 1 aromatic heterocycles. The van der Waals surface area contributed by atoms with Crippen LogP contribution >= 0.6 is 0 Å². The summed E-state index contributed by atoms with van der Waals surface area (Å²) >= 11 is 0. The zero-order valence-corrected chi connectivity index (χ0v) is 11.3. The summed E-state index contributed by atoms with van der Waals surface area (Å²) in [6.07, 6.45) is 4.86. The molecule has 1 rings (SSSR count). The van der Waals surface area contributed by atoms with Crippen LogP contribution in [-0.4, -0.2) is 33.4 Å². The molecule has 95 valence electrons. The Morgan fingerprint density at radius 3 is 2.29 bits per heavy atom. The van der Waals surface area contributed by atoms with Gasteiger partial charge in [-0.2, -0.15) is 0 Å². The molecule has 0 aliphatic carbocycles. The molecule has 0 aliphatic rings. The number of hydrogen-bond donors (Lipinski definition) is 0. The first-order chi connectivity index (χ1) is 8.10. The number of hydrogen-bond acceptors (Lipinski definition) is 2. The molecule has 17 heavy (non-hydrogen) atoms. The summed E-state index contributed by atoms with van der Waals surface area (Å²) < 4.78 is 1.80. The fourth-order valence-electron chi connectivity index (χ4n) is 1.78. The van der Waals surface area contributed by atoms with Gasteiger partial charge in [-0.15, -0.1) is 0 Å². The van der Waals surface area contributed by atoms with Crippen molar-refractivity contribution in [1.29, 1.82) is 0 Å². The molecular weight excluding hydrogens is 214 g/mol. The molecule has 4 heteroatoms. The van der Waals surface area contributed by atoms with E-state index in [9.17, 15) is 4.79 Å². The number of carbonyl (C=O) groups excluding carboxylic acids is 1. The van der Waals surface area contributed by atoms with Gasteiger partial charge in [0.15, 0.2) is 6.33 Å². The molecule has 0 unspecified atom stereocenters. The van der Waals surface area contributed by atoms with E-state index in [1.54, 1.807) is 4.57 Å². The maximum absolute atomic E-state index is 12.1. The van der Waals surface area contributed by atoms with Gasteiger partial charge in [0, 0.05) is 18.8 Å². The van der Waals surface area contributed by atoms with E-state index in [-0.39, 0.29) is 5.91 Å². The van der Waals surface area contributed by atoms with Crippen molar-refractivity contribution in [3.63, 3.8) is 0 Å². The third kappa shape index (κ3) is 3.58. The molecule has 0 N–H and O–H groups in total. The van der Waals surface area contributed by atoms with Gasteiger partial charge in [0.1, 0.15) is 6.54 Å². The van der Waals surface area contributed by atoms with Crippen LogP contribution in [-0.2, 0) is 11.3 Å². The number of imidazole rings is 1. The quantitative estimate of drug-likeness (QED) is 0.757. The van der Waals surface area contributed by atoms with Gasteiger partial charge in [0.25, 0.3) is 0 Å². The van der Waals surface area contributed by atoms with Crippen LogP contribution in [0.15, 0.2) is 0 Å². The van der Waals surface area contributed by atoms with Crippen LogP contribution in [0.4, 0.5) is 0 Å². The monoisotopic (exact) mass is 236 g/mol. The van der Waals surface area contributed by atoms with Crippen LogP contribution in [0.5, 0.6) is 0 Å². The summed E-state index contributed by atoms with van der Waals surface area (Å²) in [6, 6.07) is 0. The van der Waals surface area contributed by atoms with E-state index < -0.39 is 0 Å². The molecule has 0 bridgehead atoms. The van der Waals surface area contributed by atoms with E-state index in [1.807, 2.05) is 18.7 Å². The predicted octanol–water partition coefficient (Wildman–Crippen LogP) is 1.95. The first-order valence-corrected chi connectivity index (χ1v) is 6.29. The van der Waals surface area contributed by atoms with Crippen molar-refractivity contribution in [1.82, 2.24) is 14.5 Å². The van der Waals surface area contributed by atoms with E-state index in [1.165, 1.54) is 0 Å². The standard InChI is InChI=1S/C13H22N3O/c1-5-7-15(8-6-2)13(17)9-16-10-14-11(3)12(16)4/h5-9H2,1-4H3. The van der Waals surface area contributed by atoms with E-state index in [0.29, 0.717) is 6.54 Å². The normalized spacial score (nSPS) is 10.6. The number of aromatic nitrogens is 2. The summed E-state index contributed by atoms with van der Waals surface area (Å²) in [5.74, 6) is 0.158. The van der Waals surface area contributed by atoms with Crippen molar-refractivity contribution in [2.45, 2.75) is 47.1 Å². The molecule has 0 saturated heterocycles. The number of nitrogens with zero attached hydrogens (tertiary/aromatic N) is 3. The SMILES string of the molecule is CCCN(CCC)C(=O)Cn1[c]nc(C)c1C. The molecule has 0 aliphatic heterocycles. The Morgan fingerprint density at radius 2 is 1.88 bits per heavy atom. The minimum absolute atomic E-state index is 0.158. The van der Waals surface area contributed by atoms with Crippen LogP contribution in [0, 0.1) is 20.2 Å². The summed E-state index contributed by atoms with van der Waals surface area (Å²) in [5.41, 5.74) is 1.96. The third-order valence-corrected chi connectivity index (χ3v) is 2.90. The number of rotatable bonds is 6. The molecule has 1 aromatic rings. The molecule has 1 heterocycles. The molecule has 0 atom stereocenters. The Morgan fingerprint density at radius 1 is 1.29 bits per heavy atom. The lowest BCUT2D eigenvalue weighted by molar-refractivity contribution is -0.132. The lowest BCUT2D eigenvalue weighted by Gasteiger charge is -2.21. The number of carbonyl (C=O) groups is 1. The summed E-state index contributed by atoms with van der Waals surface area (Å²) in [4.78, 5) is 18.1. The first-order valence-electron chi connectivity index (χ1n) is 6.29. The predicted molar refractivity (Wildman–Crippen MR) is 67.7 cm³/mol. The van der Waals surface area contributed by atoms with Crippen LogP contribution in [0.3, 0.4) is 0 Å². The molecule has 0 saturated carbocycles. The highest BCUT2D eigenvalue weighted by Crippen LogP contribution is 2.05. The van der Waals surface area contributed by atoms with Gasteiger partial charge in [-0.3, -0.25) is 4.79 Å². The largest absolute Gasteiger partial charge is 0.341 e. The zero-order chi connectivity index (χ0) is 12.8. The van der Waals surface area contributed by atoms with E-state index in [2.05, 4.69) is 25.2 Å². The average Bonchev–Trinajstić information content (AvgIpc) is 2.61. The van der Waals surface area contributed by atoms with Gasteiger partial charge in [0.2, 0.25) is 5.91 Å². The highest BCUT2D eigenvalue weighted by atomic mass is 16.2. The Labute approximate surface area is 104 Å². The van der Waals surface area contributed by atoms with Gasteiger partial charge in [0.05, 0.1) is 5.69 Å². The first kappa shape index (κ1) is 13.7. The van der Waals surface area contributed by atoms with E-state index in [4.69, 9.17) is 0 Å². The minimum Gasteiger partial charge on any atom is -0.341 e. The van der Waals surface area contributed by atoms with Gasteiger partial charge in [-0.1, -0.05) is 13.8 Å². The molecule has 0 fully saturated rings. The van der Waals surface area contributed by atoms with Crippen molar-refractivity contribution >= 4 is 5.91 Å². The minimum atomic E-state index is 0.158. The maximum atomic E-state index is 12.1. The van der Waals surface area contributed by atoms with Crippen LogP contribution in [0.25, 0.3) is 0 Å². The molecule has 1 amide bonds. The van der Waals surface area contributed by atoms with Crippen molar-refractivity contribution in [2.75, 3.05) is 13.1 Å². The fraction of sp³-hybridized carbons (Fsp3) is 0.692. The number of amides is 1. The lowest BCUT2D eigenvalue weighted by Crippen LogP contribution is -2.35. The van der Waals surface area contributed by atoms with Crippen molar-refractivity contribution < 1.29 is 4.79 Å². The molecule has 4 nitrogen and oxygen atoms in total. The third-order valence-electron chi connectivity index (χ3n) is 2.90. The van der Waals surface area contributed by atoms with Crippen LogP contribution in [0.2, 0.25) is 0 Å². The lowest BCUT2D eigenvalue weighted by atomic mass is 10.3. The smallest absolute Gasteiger partial charge is 0.242 e. The van der Waals surface area contributed by atoms with Crippen molar-refractivity contribution in [2.24, 2.45) is 0 Å². The van der Waals surface area contributed by atoms with Gasteiger partial charge in [-0.05, 0) is 26.7 Å².